The van der Waals surface area contributed by atoms with Crippen LogP contribution < -0.4 is 0 Å². The highest BCUT2D eigenvalue weighted by Crippen LogP contribution is 2.49. The molecule has 2 heteroatoms. The molecule has 0 aliphatic heterocycles. The van der Waals surface area contributed by atoms with Crippen LogP contribution in [0.15, 0.2) is 11.6 Å². The molecule has 1 saturated carbocycles. The molecule has 0 N–H and O–H groups in total. The van der Waals surface area contributed by atoms with Gasteiger partial charge in [-0.2, -0.15) is 0 Å². The number of rotatable bonds is 3. The number of carbonyl (C=O) groups excluding carboxylic acids is 2. The van der Waals surface area contributed by atoms with Crippen LogP contribution in [0.1, 0.15) is 52.4 Å². The Morgan fingerprint density at radius 3 is 2.69 bits per heavy atom. The summed E-state index contributed by atoms with van der Waals surface area (Å²) < 4.78 is 0. The van der Waals surface area contributed by atoms with Crippen LogP contribution in [-0.4, -0.2) is 11.6 Å². The summed E-state index contributed by atoms with van der Waals surface area (Å²) in [5.74, 6) is 1.22. The van der Waals surface area contributed by atoms with Crippen molar-refractivity contribution in [1.82, 2.24) is 0 Å². The SMILES string of the molecule is CC(C)CC[C@]12CCC(=O)C=C1CCC2=O. The number of fused-ring (bicyclic) bond motifs is 1. The molecule has 0 aromatic heterocycles. The fourth-order valence-electron chi connectivity index (χ4n) is 2.98. The van der Waals surface area contributed by atoms with E-state index < -0.39 is 0 Å². The van der Waals surface area contributed by atoms with Crippen LogP contribution in [0.25, 0.3) is 0 Å². The summed E-state index contributed by atoms with van der Waals surface area (Å²) in [7, 11) is 0. The van der Waals surface area contributed by atoms with Crippen LogP contribution in [0.4, 0.5) is 0 Å². The highest BCUT2D eigenvalue weighted by atomic mass is 16.1. The summed E-state index contributed by atoms with van der Waals surface area (Å²) in [6.45, 7) is 4.38. The summed E-state index contributed by atoms with van der Waals surface area (Å²) in [5.41, 5.74) is 0.896. The first-order valence-electron chi connectivity index (χ1n) is 6.32. The van der Waals surface area contributed by atoms with Crippen molar-refractivity contribution in [3.63, 3.8) is 0 Å². The van der Waals surface area contributed by atoms with Gasteiger partial charge in [0.05, 0.1) is 5.41 Å². The van der Waals surface area contributed by atoms with Gasteiger partial charge in [0.1, 0.15) is 5.78 Å². The van der Waals surface area contributed by atoms with Crippen LogP contribution in [0.5, 0.6) is 0 Å². The van der Waals surface area contributed by atoms with E-state index in [4.69, 9.17) is 0 Å². The normalized spacial score (nSPS) is 29.6. The zero-order valence-electron chi connectivity index (χ0n) is 10.2. The highest BCUT2D eigenvalue weighted by Gasteiger charge is 2.47. The zero-order chi connectivity index (χ0) is 11.8. The molecule has 1 fully saturated rings. The lowest BCUT2D eigenvalue weighted by Crippen LogP contribution is -2.31. The smallest absolute Gasteiger partial charge is 0.155 e. The molecular formula is C14H20O2. The predicted octanol–water partition coefficient (Wildman–Crippen LogP) is 3.06. The molecule has 0 bridgehead atoms. The second-order valence-electron chi connectivity index (χ2n) is 5.57. The van der Waals surface area contributed by atoms with Crippen LogP contribution in [-0.2, 0) is 9.59 Å². The van der Waals surface area contributed by atoms with Gasteiger partial charge in [-0.3, -0.25) is 9.59 Å². The Hall–Kier alpha value is -0.920. The minimum atomic E-state index is -0.238. The lowest BCUT2D eigenvalue weighted by atomic mass is 9.69. The van der Waals surface area contributed by atoms with Crippen LogP contribution in [0, 0.1) is 11.3 Å². The quantitative estimate of drug-likeness (QED) is 0.732. The number of allylic oxidation sites excluding steroid dienone is 2. The van der Waals surface area contributed by atoms with Crippen molar-refractivity contribution in [2.45, 2.75) is 52.4 Å². The number of hydrogen-bond donors (Lipinski definition) is 0. The molecular weight excluding hydrogens is 200 g/mol. The molecule has 88 valence electrons. The molecule has 0 aromatic rings. The molecule has 2 aliphatic rings. The average Bonchev–Trinajstić information content (AvgIpc) is 2.54. The number of carbonyl (C=O) groups is 2. The van der Waals surface area contributed by atoms with Crippen molar-refractivity contribution in [3.8, 4) is 0 Å². The number of hydrogen-bond acceptors (Lipinski definition) is 2. The lowest BCUT2D eigenvalue weighted by Gasteiger charge is -2.32. The first kappa shape index (κ1) is 11.6. The topological polar surface area (TPSA) is 34.1 Å². The van der Waals surface area contributed by atoms with E-state index in [0.29, 0.717) is 24.5 Å². The molecule has 16 heavy (non-hydrogen) atoms. The van der Waals surface area contributed by atoms with E-state index in [1.807, 2.05) is 0 Å². The number of Topliss-reactive ketones (excluding diaryl/α,β-unsaturated/α-hetero) is 1. The molecule has 0 heterocycles. The van der Waals surface area contributed by atoms with Gasteiger partial charge in [0, 0.05) is 12.8 Å². The second-order valence-corrected chi connectivity index (χ2v) is 5.57. The molecule has 0 radical (unpaired) electrons. The zero-order valence-corrected chi connectivity index (χ0v) is 10.2. The maximum atomic E-state index is 12.1. The molecule has 0 saturated heterocycles. The van der Waals surface area contributed by atoms with Crippen LogP contribution >= 0.6 is 0 Å². The Bertz CT molecular complexity index is 352. The van der Waals surface area contributed by atoms with E-state index in [2.05, 4.69) is 13.8 Å². The van der Waals surface area contributed by atoms with Crippen molar-refractivity contribution in [2.24, 2.45) is 11.3 Å². The molecule has 0 amide bonds. The molecule has 2 nitrogen and oxygen atoms in total. The minimum absolute atomic E-state index is 0.213. The summed E-state index contributed by atoms with van der Waals surface area (Å²) in [5, 5.41) is 0. The largest absolute Gasteiger partial charge is 0.299 e. The highest BCUT2D eigenvalue weighted by molar-refractivity contribution is 5.99. The fraction of sp³-hybridized carbons (Fsp3) is 0.714. The maximum Gasteiger partial charge on any atom is 0.155 e. The summed E-state index contributed by atoms with van der Waals surface area (Å²) in [4.78, 5) is 23.5. The Morgan fingerprint density at radius 2 is 2.00 bits per heavy atom. The predicted molar refractivity (Wildman–Crippen MR) is 63.1 cm³/mol. The van der Waals surface area contributed by atoms with Crippen LogP contribution in [0.3, 0.4) is 0 Å². The van der Waals surface area contributed by atoms with E-state index in [0.717, 1.165) is 31.3 Å². The summed E-state index contributed by atoms with van der Waals surface area (Å²) in [6, 6.07) is 0. The molecule has 0 aromatic carbocycles. The molecule has 2 rings (SSSR count). The van der Waals surface area contributed by atoms with Crippen molar-refractivity contribution >= 4 is 11.6 Å². The first-order valence-corrected chi connectivity index (χ1v) is 6.32. The third kappa shape index (κ3) is 1.85. The van der Waals surface area contributed by atoms with Crippen molar-refractivity contribution in [3.05, 3.63) is 11.6 Å². The molecule has 2 aliphatic carbocycles. The molecule has 1 atom stereocenters. The standard InChI is InChI=1S/C14H20O2/c1-10(2)5-7-14-8-6-12(15)9-11(14)3-4-13(14)16/h9-10H,3-8H2,1-2H3/t14-/m0/s1. The molecule has 0 spiro atoms. The van der Waals surface area contributed by atoms with E-state index in [9.17, 15) is 9.59 Å². The summed E-state index contributed by atoms with van der Waals surface area (Å²) in [6.07, 6.45) is 6.59. The Morgan fingerprint density at radius 1 is 1.25 bits per heavy atom. The Labute approximate surface area is 97.1 Å². The van der Waals surface area contributed by atoms with Crippen LogP contribution in [0.2, 0.25) is 0 Å². The monoisotopic (exact) mass is 220 g/mol. The minimum Gasteiger partial charge on any atom is -0.299 e. The van der Waals surface area contributed by atoms with Gasteiger partial charge in [0.2, 0.25) is 0 Å². The fourth-order valence-corrected chi connectivity index (χ4v) is 2.98. The van der Waals surface area contributed by atoms with E-state index >= 15 is 0 Å². The molecule has 0 unspecified atom stereocenters. The van der Waals surface area contributed by atoms with E-state index in [-0.39, 0.29) is 11.2 Å². The maximum absolute atomic E-state index is 12.1. The van der Waals surface area contributed by atoms with Crippen molar-refractivity contribution in [2.75, 3.05) is 0 Å². The van der Waals surface area contributed by atoms with Gasteiger partial charge in [0.15, 0.2) is 5.78 Å². The van der Waals surface area contributed by atoms with Gasteiger partial charge in [-0.1, -0.05) is 19.4 Å². The average molecular weight is 220 g/mol. The Kier molecular flexibility index (Phi) is 3.00. The third-order valence-corrected chi connectivity index (χ3v) is 4.05. The van der Waals surface area contributed by atoms with E-state index in [1.54, 1.807) is 6.08 Å². The summed E-state index contributed by atoms with van der Waals surface area (Å²) >= 11 is 0. The van der Waals surface area contributed by atoms with Gasteiger partial charge >= 0.3 is 0 Å². The third-order valence-electron chi connectivity index (χ3n) is 4.05. The van der Waals surface area contributed by atoms with Gasteiger partial charge in [-0.25, -0.2) is 0 Å². The first-order chi connectivity index (χ1) is 7.54. The van der Waals surface area contributed by atoms with Gasteiger partial charge in [-0.05, 0) is 37.7 Å². The van der Waals surface area contributed by atoms with Gasteiger partial charge in [-0.15, -0.1) is 0 Å². The second kappa shape index (κ2) is 4.15. The van der Waals surface area contributed by atoms with Gasteiger partial charge in [0.25, 0.3) is 0 Å². The van der Waals surface area contributed by atoms with E-state index in [1.165, 1.54) is 0 Å². The van der Waals surface area contributed by atoms with Crippen molar-refractivity contribution < 1.29 is 9.59 Å². The van der Waals surface area contributed by atoms with Gasteiger partial charge < -0.3 is 0 Å². The number of ketones is 2. The lowest BCUT2D eigenvalue weighted by molar-refractivity contribution is -0.126. The van der Waals surface area contributed by atoms with Crippen molar-refractivity contribution in [1.29, 1.82) is 0 Å². The Balaban J connectivity index is 2.23.